The SMILES string of the molecule is Cc1nc2n(n1)CC(C(=O)NCCC1Cc3ccccc3C1)CC2. The van der Waals surface area contributed by atoms with E-state index in [0.717, 1.165) is 50.3 Å². The molecular formula is C19H24N4O. The molecule has 0 saturated carbocycles. The normalized spacial score (nSPS) is 19.8. The van der Waals surface area contributed by atoms with Crippen molar-refractivity contribution in [2.24, 2.45) is 11.8 Å². The Labute approximate surface area is 142 Å². The van der Waals surface area contributed by atoms with E-state index in [1.165, 1.54) is 11.1 Å². The van der Waals surface area contributed by atoms with Crippen molar-refractivity contribution in [3.05, 3.63) is 47.0 Å². The molecule has 5 heteroatoms. The molecule has 2 heterocycles. The van der Waals surface area contributed by atoms with Crippen LogP contribution in [0.5, 0.6) is 0 Å². The van der Waals surface area contributed by atoms with Gasteiger partial charge in [0, 0.05) is 13.0 Å². The van der Waals surface area contributed by atoms with E-state index in [2.05, 4.69) is 39.7 Å². The first-order chi connectivity index (χ1) is 11.7. The largest absolute Gasteiger partial charge is 0.356 e. The van der Waals surface area contributed by atoms with Crippen molar-refractivity contribution in [2.45, 2.75) is 45.6 Å². The minimum Gasteiger partial charge on any atom is -0.356 e. The molecule has 1 atom stereocenters. The number of hydrogen-bond donors (Lipinski definition) is 1. The van der Waals surface area contributed by atoms with Crippen LogP contribution in [0.2, 0.25) is 0 Å². The van der Waals surface area contributed by atoms with Gasteiger partial charge in [0.1, 0.15) is 11.6 Å². The first kappa shape index (κ1) is 15.4. The lowest BCUT2D eigenvalue weighted by Crippen LogP contribution is -2.37. The maximum absolute atomic E-state index is 12.4. The van der Waals surface area contributed by atoms with Gasteiger partial charge in [-0.15, -0.1) is 0 Å². The van der Waals surface area contributed by atoms with Crippen LogP contribution in [0.1, 0.15) is 35.6 Å². The zero-order valence-corrected chi connectivity index (χ0v) is 14.2. The van der Waals surface area contributed by atoms with Crippen molar-refractivity contribution >= 4 is 5.91 Å². The summed E-state index contributed by atoms with van der Waals surface area (Å²) in [4.78, 5) is 16.8. The van der Waals surface area contributed by atoms with E-state index in [1.807, 2.05) is 11.6 Å². The number of benzene rings is 1. The number of nitrogens with one attached hydrogen (secondary N) is 1. The molecule has 1 unspecified atom stereocenters. The fraction of sp³-hybridized carbons (Fsp3) is 0.526. The number of amides is 1. The molecule has 4 rings (SSSR count). The van der Waals surface area contributed by atoms with Crippen LogP contribution in [0.3, 0.4) is 0 Å². The molecule has 0 bridgehead atoms. The van der Waals surface area contributed by atoms with Crippen molar-refractivity contribution in [3.8, 4) is 0 Å². The monoisotopic (exact) mass is 324 g/mol. The van der Waals surface area contributed by atoms with Gasteiger partial charge < -0.3 is 5.32 Å². The number of hydrogen-bond acceptors (Lipinski definition) is 3. The third-order valence-corrected chi connectivity index (χ3v) is 5.32. The number of rotatable bonds is 4. The Bertz CT molecular complexity index is 727. The molecule has 1 amide bonds. The van der Waals surface area contributed by atoms with Gasteiger partial charge in [-0.05, 0) is 49.7 Å². The van der Waals surface area contributed by atoms with Gasteiger partial charge in [0.05, 0.1) is 12.5 Å². The molecule has 5 nitrogen and oxygen atoms in total. The van der Waals surface area contributed by atoms with Crippen molar-refractivity contribution in [1.29, 1.82) is 0 Å². The summed E-state index contributed by atoms with van der Waals surface area (Å²) in [6.45, 7) is 3.34. The zero-order chi connectivity index (χ0) is 16.5. The number of aromatic nitrogens is 3. The second-order valence-electron chi connectivity index (χ2n) is 7.12. The Kier molecular flexibility index (Phi) is 4.08. The van der Waals surface area contributed by atoms with Gasteiger partial charge in [-0.3, -0.25) is 4.79 Å². The Hall–Kier alpha value is -2.17. The topological polar surface area (TPSA) is 59.8 Å². The summed E-state index contributed by atoms with van der Waals surface area (Å²) < 4.78 is 1.90. The van der Waals surface area contributed by atoms with E-state index in [0.29, 0.717) is 12.5 Å². The zero-order valence-electron chi connectivity index (χ0n) is 14.2. The fourth-order valence-corrected chi connectivity index (χ4v) is 4.05. The summed E-state index contributed by atoms with van der Waals surface area (Å²) >= 11 is 0. The van der Waals surface area contributed by atoms with Gasteiger partial charge >= 0.3 is 0 Å². The molecule has 0 fully saturated rings. The quantitative estimate of drug-likeness (QED) is 0.936. The molecule has 0 radical (unpaired) electrons. The van der Waals surface area contributed by atoms with Gasteiger partial charge in [0.15, 0.2) is 0 Å². The summed E-state index contributed by atoms with van der Waals surface area (Å²) in [5, 5.41) is 7.52. The first-order valence-electron chi connectivity index (χ1n) is 8.94. The standard InChI is InChI=1S/C19H24N4O/c1-13-21-18-7-6-17(12-23(18)22-13)19(24)20-9-8-14-10-15-4-2-3-5-16(15)11-14/h2-5,14,17H,6-12H2,1H3,(H,20,24). The van der Waals surface area contributed by atoms with Crippen molar-refractivity contribution in [3.63, 3.8) is 0 Å². The lowest BCUT2D eigenvalue weighted by molar-refractivity contribution is -0.126. The number of carbonyl (C=O) groups excluding carboxylic acids is 1. The van der Waals surface area contributed by atoms with Crippen molar-refractivity contribution in [1.82, 2.24) is 20.1 Å². The lowest BCUT2D eigenvalue weighted by atomic mass is 9.98. The number of nitrogens with zero attached hydrogens (tertiary/aromatic N) is 3. The molecule has 2 aliphatic rings. The van der Waals surface area contributed by atoms with Crippen LogP contribution >= 0.6 is 0 Å². The highest BCUT2D eigenvalue weighted by atomic mass is 16.1. The van der Waals surface area contributed by atoms with Gasteiger partial charge in [0.25, 0.3) is 0 Å². The van der Waals surface area contributed by atoms with E-state index >= 15 is 0 Å². The Balaban J connectivity index is 1.25. The Morgan fingerprint density at radius 3 is 2.79 bits per heavy atom. The maximum atomic E-state index is 12.4. The van der Waals surface area contributed by atoms with E-state index in [4.69, 9.17) is 0 Å². The average molecular weight is 324 g/mol. The fourth-order valence-electron chi connectivity index (χ4n) is 4.05. The minimum absolute atomic E-state index is 0.0272. The second-order valence-corrected chi connectivity index (χ2v) is 7.12. The van der Waals surface area contributed by atoms with Crippen LogP contribution in [0.15, 0.2) is 24.3 Å². The predicted octanol–water partition coefficient (Wildman–Crippen LogP) is 2.07. The highest BCUT2D eigenvalue weighted by molar-refractivity contribution is 5.78. The summed E-state index contributed by atoms with van der Waals surface area (Å²) in [7, 11) is 0. The maximum Gasteiger partial charge on any atom is 0.224 e. The van der Waals surface area contributed by atoms with Gasteiger partial charge in [0.2, 0.25) is 5.91 Å². The van der Waals surface area contributed by atoms with E-state index in [1.54, 1.807) is 0 Å². The lowest BCUT2D eigenvalue weighted by Gasteiger charge is -2.22. The molecular weight excluding hydrogens is 300 g/mol. The summed E-state index contributed by atoms with van der Waals surface area (Å²) in [5.41, 5.74) is 2.96. The van der Waals surface area contributed by atoms with E-state index < -0.39 is 0 Å². The molecule has 1 aliphatic carbocycles. The van der Waals surface area contributed by atoms with Crippen LogP contribution in [0.4, 0.5) is 0 Å². The average Bonchev–Trinajstić information content (AvgIpc) is 3.15. The first-order valence-corrected chi connectivity index (χ1v) is 8.94. The third kappa shape index (κ3) is 3.07. The molecule has 0 saturated heterocycles. The number of carbonyl (C=O) groups is 1. The number of fused-ring (bicyclic) bond motifs is 2. The van der Waals surface area contributed by atoms with Gasteiger partial charge in [-0.25, -0.2) is 9.67 Å². The van der Waals surface area contributed by atoms with Gasteiger partial charge in [-0.2, -0.15) is 5.10 Å². The van der Waals surface area contributed by atoms with E-state index in [-0.39, 0.29) is 11.8 Å². The second kappa shape index (κ2) is 6.38. The molecule has 24 heavy (non-hydrogen) atoms. The molecule has 1 aromatic carbocycles. The van der Waals surface area contributed by atoms with Gasteiger partial charge in [-0.1, -0.05) is 24.3 Å². The molecule has 0 spiro atoms. The highest BCUT2D eigenvalue weighted by Gasteiger charge is 2.27. The summed E-state index contributed by atoms with van der Waals surface area (Å²) in [6.07, 6.45) is 5.07. The summed E-state index contributed by atoms with van der Waals surface area (Å²) in [6, 6.07) is 8.69. The smallest absolute Gasteiger partial charge is 0.224 e. The Morgan fingerprint density at radius 1 is 1.29 bits per heavy atom. The molecule has 1 N–H and O–H groups in total. The van der Waals surface area contributed by atoms with Crippen LogP contribution in [-0.2, 0) is 30.6 Å². The van der Waals surface area contributed by atoms with Crippen molar-refractivity contribution in [2.75, 3.05) is 6.54 Å². The molecule has 1 aromatic heterocycles. The van der Waals surface area contributed by atoms with Crippen LogP contribution in [-0.4, -0.2) is 27.2 Å². The molecule has 2 aromatic rings. The minimum atomic E-state index is 0.0272. The number of aryl methyl sites for hydroxylation is 2. The van der Waals surface area contributed by atoms with Crippen molar-refractivity contribution < 1.29 is 4.79 Å². The highest BCUT2D eigenvalue weighted by Crippen LogP contribution is 2.28. The van der Waals surface area contributed by atoms with Crippen LogP contribution < -0.4 is 5.32 Å². The Morgan fingerprint density at radius 2 is 2.04 bits per heavy atom. The molecule has 126 valence electrons. The molecule has 1 aliphatic heterocycles. The predicted molar refractivity (Wildman–Crippen MR) is 91.5 cm³/mol. The third-order valence-electron chi connectivity index (χ3n) is 5.32. The van der Waals surface area contributed by atoms with Crippen LogP contribution in [0.25, 0.3) is 0 Å². The summed E-state index contributed by atoms with van der Waals surface area (Å²) in [5.74, 6) is 2.68. The van der Waals surface area contributed by atoms with Crippen LogP contribution in [0, 0.1) is 18.8 Å². The van der Waals surface area contributed by atoms with E-state index in [9.17, 15) is 4.79 Å².